The van der Waals surface area contributed by atoms with Crippen LogP contribution in [0.5, 0.6) is 0 Å². The van der Waals surface area contributed by atoms with Crippen LogP contribution in [0.25, 0.3) is 0 Å². The molecule has 1 atom stereocenters. The lowest BCUT2D eigenvalue weighted by molar-refractivity contribution is 0.0716. The summed E-state index contributed by atoms with van der Waals surface area (Å²) in [5.41, 5.74) is 1.85. The highest BCUT2D eigenvalue weighted by Gasteiger charge is 2.31. The molecule has 0 unspecified atom stereocenters. The predicted molar refractivity (Wildman–Crippen MR) is 82.7 cm³/mol. The lowest BCUT2D eigenvalue weighted by Crippen LogP contribution is -2.32. The first-order chi connectivity index (χ1) is 10.1. The lowest BCUT2D eigenvalue weighted by Gasteiger charge is -2.30. The van der Waals surface area contributed by atoms with E-state index in [-0.39, 0.29) is 11.9 Å². The highest BCUT2D eigenvalue weighted by Crippen LogP contribution is 2.38. The van der Waals surface area contributed by atoms with Crippen molar-refractivity contribution in [3.63, 3.8) is 0 Å². The molecule has 3 rings (SSSR count). The van der Waals surface area contributed by atoms with Gasteiger partial charge in [-0.1, -0.05) is 6.92 Å². The van der Waals surface area contributed by atoms with Crippen LogP contribution in [0.15, 0.2) is 16.7 Å². The van der Waals surface area contributed by atoms with Crippen molar-refractivity contribution in [2.45, 2.75) is 45.6 Å². The van der Waals surface area contributed by atoms with Gasteiger partial charge in [0.15, 0.2) is 0 Å². The normalized spacial score (nSPS) is 17.6. The number of fused-ring (bicyclic) bond motifs is 1. The summed E-state index contributed by atoms with van der Waals surface area (Å²) >= 11 is 1.76. The van der Waals surface area contributed by atoms with E-state index in [1.165, 1.54) is 15.6 Å². The van der Waals surface area contributed by atoms with Crippen molar-refractivity contribution in [2.24, 2.45) is 0 Å². The van der Waals surface area contributed by atoms with Gasteiger partial charge in [0.05, 0.1) is 33.4 Å². The molecule has 2 heterocycles. The van der Waals surface area contributed by atoms with Crippen molar-refractivity contribution >= 4 is 17.2 Å². The number of hydrogen-bond acceptors (Lipinski definition) is 4. The molecule has 5 heteroatoms. The molecular weight excluding hydrogens is 284 g/mol. The van der Waals surface area contributed by atoms with Gasteiger partial charge in [-0.25, -0.2) is 4.98 Å². The largest absolute Gasteiger partial charge is 0.469 e. The summed E-state index contributed by atoms with van der Waals surface area (Å²) in [6.07, 6.45) is 5.67. The second-order valence-electron chi connectivity index (χ2n) is 5.49. The Hall–Kier alpha value is -1.62. The summed E-state index contributed by atoms with van der Waals surface area (Å²) in [5.74, 6) is 0.715. The molecule has 0 aromatic carbocycles. The summed E-state index contributed by atoms with van der Waals surface area (Å²) in [5, 5.41) is 1.17. The minimum atomic E-state index is 0.0329. The highest BCUT2D eigenvalue weighted by molar-refractivity contribution is 7.11. The molecule has 4 nitrogen and oxygen atoms in total. The Bertz CT molecular complexity index is 659. The fraction of sp³-hybridized carbons (Fsp3) is 0.500. The van der Waals surface area contributed by atoms with Crippen LogP contribution in [0.4, 0.5) is 0 Å². The molecule has 2 aromatic rings. The maximum absolute atomic E-state index is 12.7. The van der Waals surface area contributed by atoms with Gasteiger partial charge in [0.2, 0.25) is 0 Å². The van der Waals surface area contributed by atoms with E-state index in [4.69, 9.17) is 9.40 Å². The number of hydrogen-bond donors (Lipinski definition) is 0. The molecule has 0 N–H and O–H groups in total. The predicted octanol–water partition coefficient (Wildman–Crippen LogP) is 3.76. The number of nitrogens with zero attached hydrogens (tertiary/aromatic N) is 2. The summed E-state index contributed by atoms with van der Waals surface area (Å²) in [6, 6.07) is 1.90. The van der Waals surface area contributed by atoms with Crippen LogP contribution in [0.3, 0.4) is 0 Å². The second kappa shape index (κ2) is 5.64. The molecule has 112 valence electrons. The average molecular weight is 304 g/mol. The van der Waals surface area contributed by atoms with Gasteiger partial charge < -0.3 is 9.32 Å². The fourth-order valence-electron chi connectivity index (χ4n) is 2.91. The van der Waals surface area contributed by atoms with Crippen molar-refractivity contribution < 1.29 is 9.21 Å². The minimum absolute atomic E-state index is 0.0329. The summed E-state index contributed by atoms with van der Waals surface area (Å²) in [7, 11) is 1.89. The highest BCUT2D eigenvalue weighted by atomic mass is 32.1. The quantitative estimate of drug-likeness (QED) is 0.867. The third-order valence-electron chi connectivity index (χ3n) is 4.15. The van der Waals surface area contributed by atoms with Gasteiger partial charge in [-0.15, -0.1) is 11.3 Å². The first kappa shape index (κ1) is 14.3. The monoisotopic (exact) mass is 304 g/mol. The Labute approximate surface area is 128 Å². The molecule has 0 saturated carbocycles. The van der Waals surface area contributed by atoms with E-state index in [0.717, 1.165) is 25.7 Å². The number of aromatic nitrogens is 1. The molecular formula is C16H20N2O2S. The Morgan fingerprint density at radius 3 is 3.05 bits per heavy atom. The summed E-state index contributed by atoms with van der Waals surface area (Å²) in [6.45, 7) is 3.96. The van der Waals surface area contributed by atoms with Crippen LogP contribution < -0.4 is 0 Å². The Morgan fingerprint density at radius 2 is 2.38 bits per heavy atom. The standard InChI is InChI=1S/C16H20N2O2S/c1-4-14-17-12-6-5-7-13(15(12)21-14)18(3)16(19)11-8-9-20-10(11)2/h8-9,13H,4-7H2,1-3H3/t13-/m1/s1. The van der Waals surface area contributed by atoms with Gasteiger partial charge in [0, 0.05) is 7.05 Å². The third kappa shape index (κ3) is 2.50. The van der Waals surface area contributed by atoms with Crippen LogP contribution in [-0.4, -0.2) is 22.8 Å². The van der Waals surface area contributed by atoms with Crippen molar-refractivity contribution in [3.05, 3.63) is 39.2 Å². The first-order valence-corrected chi connectivity index (χ1v) is 8.23. The fourth-order valence-corrected chi connectivity index (χ4v) is 4.14. The van der Waals surface area contributed by atoms with Crippen LogP contribution in [0, 0.1) is 6.92 Å². The van der Waals surface area contributed by atoms with Crippen LogP contribution in [0.1, 0.15) is 57.5 Å². The summed E-state index contributed by atoms with van der Waals surface area (Å²) < 4.78 is 5.26. The van der Waals surface area contributed by atoms with Gasteiger partial charge >= 0.3 is 0 Å². The number of furan rings is 1. The molecule has 0 fully saturated rings. The zero-order chi connectivity index (χ0) is 15.0. The van der Waals surface area contributed by atoms with Gasteiger partial charge in [0.1, 0.15) is 5.76 Å². The number of rotatable bonds is 3. The smallest absolute Gasteiger partial charge is 0.257 e. The molecule has 1 aliphatic carbocycles. The molecule has 21 heavy (non-hydrogen) atoms. The van der Waals surface area contributed by atoms with Gasteiger partial charge in [0.25, 0.3) is 5.91 Å². The molecule has 0 aliphatic heterocycles. The second-order valence-corrected chi connectivity index (χ2v) is 6.60. The molecule has 1 amide bonds. The maximum Gasteiger partial charge on any atom is 0.257 e. The summed E-state index contributed by atoms with van der Waals surface area (Å²) in [4.78, 5) is 20.5. The Morgan fingerprint density at radius 1 is 1.57 bits per heavy atom. The Balaban J connectivity index is 1.89. The van der Waals surface area contributed by atoms with Gasteiger partial charge in [-0.05, 0) is 38.7 Å². The number of amides is 1. The van der Waals surface area contributed by atoms with E-state index in [0.29, 0.717) is 11.3 Å². The van der Waals surface area contributed by atoms with Gasteiger partial charge in [-0.3, -0.25) is 4.79 Å². The number of carbonyl (C=O) groups excluding carboxylic acids is 1. The minimum Gasteiger partial charge on any atom is -0.469 e. The van der Waals surface area contributed by atoms with E-state index in [9.17, 15) is 4.79 Å². The molecule has 0 bridgehead atoms. The molecule has 1 aliphatic rings. The van der Waals surface area contributed by atoms with E-state index < -0.39 is 0 Å². The number of thiazole rings is 1. The average Bonchev–Trinajstić information content (AvgIpc) is 3.10. The molecule has 2 aromatic heterocycles. The lowest BCUT2D eigenvalue weighted by atomic mass is 9.96. The van der Waals surface area contributed by atoms with E-state index in [1.807, 2.05) is 18.9 Å². The third-order valence-corrected chi connectivity index (χ3v) is 5.49. The van der Waals surface area contributed by atoms with E-state index in [1.54, 1.807) is 23.7 Å². The SMILES string of the molecule is CCc1nc2c(s1)[C@H](N(C)C(=O)c1ccoc1C)CCC2. The topological polar surface area (TPSA) is 46.3 Å². The van der Waals surface area contributed by atoms with E-state index in [2.05, 4.69) is 6.92 Å². The van der Waals surface area contributed by atoms with Crippen LogP contribution >= 0.6 is 11.3 Å². The van der Waals surface area contributed by atoms with Crippen molar-refractivity contribution in [3.8, 4) is 0 Å². The molecule has 0 radical (unpaired) electrons. The first-order valence-electron chi connectivity index (χ1n) is 7.41. The van der Waals surface area contributed by atoms with E-state index >= 15 is 0 Å². The number of aryl methyl sites for hydroxylation is 3. The van der Waals surface area contributed by atoms with Crippen LogP contribution in [0.2, 0.25) is 0 Å². The van der Waals surface area contributed by atoms with Crippen LogP contribution in [-0.2, 0) is 12.8 Å². The maximum atomic E-state index is 12.7. The van der Waals surface area contributed by atoms with Crippen molar-refractivity contribution in [2.75, 3.05) is 7.05 Å². The van der Waals surface area contributed by atoms with Crippen molar-refractivity contribution in [1.29, 1.82) is 0 Å². The number of carbonyl (C=O) groups is 1. The Kier molecular flexibility index (Phi) is 3.85. The molecule has 0 spiro atoms. The zero-order valence-electron chi connectivity index (χ0n) is 12.7. The zero-order valence-corrected chi connectivity index (χ0v) is 13.5. The molecule has 0 saturated heterocycles. The van der Waals surface area contributed by atoms with Crippen molar-refractivity contribution in [1.82, 2.24) is 9.88 Å². The van der Waals surface area contributed by atoms with Gasteiger partial charge in [-0.2, -0.15) is 0 Å².